The van der Waals surface area contributed by atoms with Gasteiger partial charge in [0.15, 0.2) is 0 Å². The molecule has 0 aliphatic rings. The highest BCUT2D eigenvalue weighted by atomic mass is 79.9. The van der Waals surface area contributed by atoms with Gasteiger partial charge in [0.25, 0.3) is 5.69 Å². The monoisotopic (exact) mass is 316 g/mol. The highest BCUT2D eigenvalue weighted by molar-refractivity contribution is 9.10. The van der Waals surface area contributed by atoms with Gasteiger partial charge in [-0.3, -0.25) is 10.1 Å². The van der Waals surface area contributed by atoms with Crippen molar-refractivity contribution in [1.82, 2.24) is 0 Å². The third kappa shape index (κ3) is 2.61. The van der Waals surface area contributed by atoms with Gasteiger partial charge in [0.1, 0.15) is 11.2 Å². The van der Waals surface area contributed by atoms with Crippen LogP contribution in [0.4, 0.5) is 11.4 Å². The van der Waals surface area contributed by atoms with Crippen LogP contribution in [0, 0.1) is 10.1 Å². The van der Waals surface area contributed by atoms with Crippen molar-refractivity contribution < 1.29 is 14.8 Å². The van der Waals surface area contributed by atoms with Crippen LogP contribution in [0.1, 0.15) is 13.8 Å². The molecule has 0 bridgehead atoms. The van der Waals surface area contributed by atoms with Crippen molar-refractivity contribution in [3.05, 3.63) is 32.8 Å². The number of hydrogen-bond donors (Lipinski definition) is 1. The third-order valence-electron chi connectivity index (χ3n) is 2.86. The normalized spacial score (nSPS) is 11.1. The third-order valence-corrected chi connectivity index (χ3v) is 3.35. The average Bonchev–Trinajstić information content (AvgIpc) is 2.27. The largest absolute Gasteiger partial charge is 0.480 e. The molecule has 1 aromatic carbocycles. The number of hydrogen-bond acceptors (Lipinski definition) is 4. The van der Waals surface area contributed by atoms with Gasteiger partial charge in [0, 0.05) is 17.6 Å². The van der Waals surface area contributed by atoms with E-state index in [0.29, 0.717) is 4.47 Å². The molecule has 0 heterocycles. The Kier molecular flexibility index (Phi) is 3.95. The Morgan fingerprint density at radius 1 is 1.50 bits per heavy atom. The average molecular weight is 317 g/mol. The summed E-state index contributed by atoms with van der Waals surface area (Å²) in [6.07, 6.45) is 0. The molecule has 0 saturated carbocycles. The Hall–Kier alpha value is -1.63. The van der Waals surface area contributed by atoms with E-state index in [-0.39, 0.29) is 11.4 Å². The fraction of sp³-hybridized carbons (Fsp3) is 0.364. The second-order valence-corrected chi connectivity index (χ2v) is 5.23. The van der Waals surface area contributed by atoms with E-state index in [1.165, 1.54) is 37.9 Å². The fourth-order valence-corrected chi connectivity index (χ4v) is 1.71. The first-order chi connectivity index (χ1) is 8.17. The number of nitro benzene ring substituents is 1. The minimum atomic E-state index is -1.24. The van der Waals surface area contributed by atoms with Gasteiger partial charge in [-0.15, -0.1) is 0 Å². The maximum absolute atomic E-state index is 11.2. The van der Waals surface area contributed by atoms with Crippen LogP contribution in [0.5, 0.6) is 0 Å². The SMILES string of the molecule is CN(c1cc(Br)ccc1[N+](=O)[O-])C(C)(C)C(=O)O. The topological polar surface area (TPSA) is 83.7 Å². The number of carboxylic acid groups (broad SMARTS) is 1. The predicted octanol–water partition coefficient (Wildman–Crippen LogP) is 2.66. The zero-order chi connectivity index (χ0) is 14.1. The molecular formula is C11H13BrN2O4. The number of carbonyl (C=O) groups is 1. The number of nitrogens with zero attached hydrogens (tertiary/aromatic N) is 2. The van der Waals surface area contributed by atoms with E-state index in [9.17, 15) is 14.9 Å². The Balaban J connectivity index is 3.36. The molecule has 1 rings (SSSR count). The molecule has 1 aromatic rings. The molecule has 0 fully saturated rings. The lowest BCUT2D eigenvalue weighted by atomic mass is 10.0. The van der Waals surface area contributed by atoms with E-state index in [1.807, 2.05) is 0 Å². The summed E-state index contributed by atoms with van der Waals surface area (Å²) in [5, 5.41) is 20.1. The molecule has 0 aliphatic carbocycles. The van der Waals surface area contributed by atoms with Crippen LogP contribution in [0.25, 0.3) is 0 Å². The summed E-state index contributed by atoms with van der Waals surface area (Å²) in [5.74, 6) is -1.06. The molecule has 0 spiro atoms. The van der Waals surface area contributed by atoms with Crippen LogP contribution in [0.15, 0.2) is 22.7 Å². The lowest BCUT2D eigenvalue weighted by molar-refractivity contribution is -0.384. The van der Waals surface area contributed by atoms with Crippen LogP contribution in [-0.2, 0) is 4.79 Å². The maximum Gasteiger partial charge on any atom is 0.328 e. The number of benzene rings is 1. The van der Waals surface area contributed by atoms with Gasteiger partial charge in [0.05, 0.1) is 4.92 Å². The maximum atomic E-state index is 11.2. The molecule has 0 aromatic heterocycles. The molecular weight excluding hydrogens is 304 g/mol. The minimum absolute atomic E-state index is 0.130. The standard InChI is InChI=1S/C11H13BrN2O4/c1-11(2,10(15)16)13(3)9-6-7(12)4-5-8(9)14(17)18/h4-6H,1-3H3,(H,15,16). The first kappa shape index (κ1) is 14.4. The minimum Gasteiger partial charge on any atom is -0.480 e. The van der Waals surface area contributed by atoms with Gasteiger partial charge in [-0.2, -0.15) is 0 Å². The summed E-state index contributed by atoms with van der Waals surface area (Å²) in [7, 11) is 1.52. The Bertz CT molecular complexity index is 502. The molecule has 0 amide bonds. The highest BCUT2D eigenvalue weighted by Gasteiger charge is 2.35. The van der Waals surface area contributed by atoms with Crippen molar-refractivity contribution in [3.8, 4) is 0 Å². The zero-order valence-corrected chi connectivity index (χ0v) is 11.8. The van der Waals surface area contributed by atoms with Crippen LogP contribution in [0.2, 0.25) is 0 Å². The van der Waals surface area contributed by atoms with E-state index in [1.54, 1.807) is 6.07 Å². The van der Waals surface area contributed by atoms with Crippen molar-refractivity contribution in [2.45, 2.75) is 19.4 Å². The lowest BCUT2D eigenvalue weighted by Crippen LogP contribution is -2.48. The van der Waals surface area contributed by atoms with E-state index in [2.05, 4.69) is 15.9 Å². The smallest absolute Gasteiger partial charge is 0.328 e. The molecule has 0 saturated heterocycles. The predicted molar refractivity (Wildman–Crippen MR) is 70.9 cm³/mol. The molecule has 6 nitrogen and oxygen atoms in total. The molecule has 98 valence electrons. The number of nitro groups is 1. The van der Waals surface area contributed by atoms with Crippen molar-refractivity contribution >= 4 is 33.3 Å². The van der Waals surface area contributed by atoms with Crippen LogP contribution in [-0.4, -0.2) is 28.6 Å². The zero-order valence-electron chi connectivity index (χ0n) is 10.2. The Labute approximate surface area is 112 Å². The summed E-state index contributed by atoms with van der Waals surface area (Å²) in [6.45, 7) is 2.97. The fourth-order valence-electron chi connectivity index (χ4n) is 1.36. The first-order valence-corrected chi connectivity index (χ1v) is 5.88. The van der Waals surface area contributed by atoms with Gasteiger partial charge in [-0.1, -0.05) is 15.9 Å². The van der Waals surface area contributed by atoms with Crippen LogP contribution >= 0.6 is 15.9 Å². The van der Waals surface area contributed by atoms with Crippen molar-refractivity contribution in [2.24, 2.45) is 0 Å². The van der Waals surface area contributed by atoms with Gasteiger partial charge < -0.3 is 10.0 Å². The quantitative estimate of drug-likeness (QED) is 0.682. The van der Waals surface area contributed by atoms with Crippen LogP contribution in [0.3, 0.4) is 0 Å². The van der Waals surface area contributed by atoms with Gasteiger partial charge >= 0.3 is 5.97 Å². The Morgan fingerprint density at radius 2 is 2.06 bits per heavy atom. The summed E-state index contributed by atoms with van der Waals surface area (Å²) in [5.41, 5.74) is -1.12. The first-order valence-electron chi connectivity index (χ1n) is 5.09. The molecule has 0 radical (unpaired) electrons. The van der Waals surface area contributed by atoms with E-state index in [0.717, 1.165) is 0 Å². The molecule has 0 atom stereocenters. The lowest BCUT2D eigenvalue weighted by Gasteiger charge is -2.33. The summed E-state index contributed by atoms with van der Waals surface area (Å²) in [4.78, 5) is 23.0. The number of halogens is 1. The molecule has 1 N–H and O–H groups in total. The molecule has 0 unspecified atom stereocenters. The molecule has 7 heteroatoms. The number of anilines is 1. The van der Waals surface area contributed by atoms with Gasteiger partial charge in [0.2, 0.25) is 0 Å². The van der Waals surface area contributed by atoms with Gasteiger partial charge in [-0.05, 0) is 26.0 Å². The summed E-state index contributed by atoms with van der Waals surface area (Å²) in [6, 6.07) is 4.42. The summed E-state index contributed by atoms with van der Waals surface area (Å²) < 4.78 is 0.649. The second-order valence-electron chi connectivity index (χ2n) is 4.31. The van der Waals surface area contributed by atoms with E-state index < -0.39 is 16.4 Å². The van der Waals surface area contributed by atoms with Crippen molar-refractivity contribution in [3.63, 3.8) is 0 Å². The Morgan fingerprint density at radius 3 is 2.50 bits per heavy atom. The number of aliphatic carboxylic acids is 1. The molecule has 18 heavy (non-hydrogen) atoms. The summed E-state index contributed by atoms with van der Waals surface area (Å²) >= 11 is 3.22. The van der Waals surface area contributed by atoms with E-state index in [4.69, 9.17) is 5.11 Å². The molecule has 0 aliphatic heterocycles. The van der Waals surface area contributed by atoms with Crippen molar-refractivity contribution in [1.29, 1.82) is 0 Å². The van der Waals surface area contributed by atoms with E-state index >= 15 is 0 Å². The van der Waals surface area contributed by atoms with Crippen molar-refractivity contribution in [2.75, 3.05) is 11.9 Å². The van der Waals surface area contributed by atoms with Crippen LogP contribution < -0.4 is 4.90 Å². The number of carboxylic acids is 1. The number of likely N-dealkylation sites (N-methyl/N-ethyl adjacent to an activating group) is 1. The highest BCUT2D eigenvalue weighted by Crippen LogP contribution is 2.34. The number of rotatable bonds is 4. The second kappa shape index (κ2) is 4.93. The van der Waals surface area contributed by atoms with Gasteiger partial charge in [-0.25, -0.2) is 4.79 Å².